The van der Waals surface area contributed by atoms with Crippen LogP contribution in [0.25, 0.3) is 10.9 Å². The highest BCUT2D eigenvalue weighted by atomic mass is 16.5. The van der Waals surface area contributed by atoms with Crippen LogP contribution in [0.5, 0.6) is 5.75 Å². The van der Waals surface area contributed by atoms with E-state index in [1.54, 1.807) is 7.11 Å². The molecule has 1 unspecified atom stereocenters. The molecule has 2 aromatic carbocycles. The molecule has 1 aliphatic rings. The largest absolute Gasteiger partial charge is 0.497 e. The van der Waals surface area contributed by atoms with Gasteiger partial charge in [0.05, 0.1) is 24.8 Å². The molecule has 3 aromatic rings. The normalized spacial score (nSPS) is 17.1. The van der Waals surface area contributed by atoms with Crippen molar-refractivity contribution in [2.75, 3.05) is 31.7 Å². The van der Waals surface area contributed by atoms with Crippen molar-refractivity contribution < 1.29 is 9.47 Å². The number of morpholine rings is 1. The Kier molecular flexibility index (Phi) is 4.42. The molecule has 0 spiro atoms. The third-order valence-electron chi connectivity index (χ3n) is 4.66. The van der Waals surface area contributed by atoms with E-state index in [4.69, 9.17) is 14.5 Å². The van der Waals surface area contributed by atoms with Gasteiger partial charge in [-0.3, -0.25) is 0 Å². The molecule has 0 amide bonds. The fourth-order valence-electron chi connectivity index (χ4n) is 3.30. The molecule has 1 fully saturated rings. The van der Waals surface area contributed by atoms with Crippen LogP contribution in [0.15, 0.2) is 54.6 Å². The van der Waals surface area contributed by atoms with Crippen LogP contribution in [0, 0.1) is 11.3 Å². The van der Waals surface area contributed by atoms with Gasteiger partial charge in [-0.15, -0.1) is 0 Å². The van der Waals surface area contributed by atoms with Gasteiger partial charge in [0.2, 0.25) is 0 Å². The SMILES string of the molecule is COc1ccc2cc(C#N)c(N3CCOC(c4ccccc4)C3)nc2c1. The second-order valence-electron chi connectivity index (χ2n) is 6.25. The zero-order valence-corrected chi connectivity index (χ0v) is 14.6. The highest BCUT2D eigenvalue weighted by Crippen LogP contribution is 2.30. The van der Waals surface area contributed by atoms with Crippen molar-refractivity contribution in [3.05, 3.63) is 65.7 Å². The molecule has 0 aliphatic carbocycles. The van der Waals surface area contributed by atoms with Crippen LogP contribution < -0.4 is 9.64 Å². The summed E-state index contributed by atoms with van der Waals surface area (Å²) < 4.78 is 11.2. The van der Waals surface area contributed by atoms with E-state index in [2.05, 4.69) is 23.1 Å². The number of benzene rings is 2. The third-order valence-corrected chi connectivity index (χ3v) is 4.66. The Morgan fingerprint density at radius 2 is 2.04 bits per heavy atom. The Morgan fingerprint density at radius 1 is 1.19 bits per heavy atom. The molecule has 0 saturated carbocycles. The topological polar surface area (TPSA) is 58.4 Å². The van der Waals surface area contributed by atoms with Gasteiger partial charge in [-0.1, -0.05) is 30.3 Å². The minimum absolute atomic E-state index is 0.0284. The Bertz CT molecular complexity index is 966. The maximum atomic E-state index is 9.62. The Morgan fingerprint density at radius 3 is 2.81 bits per heavy atom. The molecule has 4 rings (SSSR count). The van der Waals surface area contributed by atoms with E-state index in [1.807, 2.05) is 42.5 Å². The lowest BCUT2D eigenvalue weighted by atomic mass is 10.1. The highest BCUT2D eigenvalue weighted by Gasteiger charge is 2.25. The van der Waals surface area contributed by atoms with Gasteiger partial charge >= 0.3 is 0 Å². The minimum Gasteiger partial charge on any atom is -0.497 e. The van der Waals surface area contributed by atoms with E-state index in [9.17, 15) is 5.26 Å². The predicted molar refractivity (Wildman–Crippen MR) is 100 cm³/mol. The fraction of sp³-hybridized carbons (Fsp3) is 0.238. The molecular formula is C21H19N3O2. The lowest BCUT2D eigenvalue weighted by Gasteiger charge is -2.34. The molecule has 26 heavy (non-hydrogen) atoms. The molecule has 0 radical (unpaired) electrons. The van der Waals surface area contributed by atoms with E-state index in [-0.39, 0.29) is 6.10 Å². The summed E-state index contributed by atoms with van der Waals surface area (Å²) in [5.74, 6) is 1.46. The van der Waals surface area contributed by atoms with Crippen molar-refractivity contribution in [2.24, 2.45) is 0 Å². The summed E-state index contributed by atoms with van der Waals surface area (Å²) in [5.41, 5.74) is 2.54. The Labute approximate surface area is 152 Å². The number of nitriles is 1. The summed E-state index contributed by atoms with van der Waals surface area (Å²) in [7, 11) is 1.64. The van der Waals surface area contributed by atoms with Gasteiger partial charge < -0.3 is 14.4 Å². The van der Waals surface area contributed by atoms with E-state index in [1.165, 1.54) is 0 Å². The second kappa shape index (κ2) is 7.03. The summed E-state index contributed by atoms with van der Waals surface area (Å²) in [5, 5.41) is 10.5. The van der Waals surface area contributed by atoms with E-state index < -0.39 is 0 Å². The highest BCUT2D eigenvalue weighted by molar-refractivity contribution is 5.84. The number of methoxy groups -OCH3 is 1. The first-order valence-corrected chi connectivity index (χ1v) is 8.59. The van der Waals surface area contributed by atoms with Crippen LogP contribution in [-0.4, -0.2) is 31.8 Å². The number of anilines is 1. The predicted octanol–water partition coefficient (Wildman–Crippen LogP) is 3.69. The van der Waals surface area contributed by atoms with E-state index in [0.29, 0.717) is 31.1 Å². The van der Waals surface area contributed by atoms with Crippen molar-refractivity contribution in [3.63, 3.8) is 0 Å². The van der Waals surface area contributed by atoms with Crippen molar-refractivity contribution in [2.45, 2.75) is 6.10 Å². The van der Waals surface area contributed by atoms with Gasteiger partial charge in [0, 0.05) is 24.5 Å². The Hall–Kier alpha value is -3.10. The van der Waals surface area contributed by atoms with Gasteiger partial charge in [0.15, 0.2) is 0 Å². The van der Waals surface area contributed by atoms with Crippen molar-refractivity contribution >= 4 is 16.7 Å². The first kappa shape index (κ1) is 16.4. The van der Waals surface area contributed by atoms with Gasteiger partial charge in [0.25, 0.3) is 0 Å². The standard InChI is InChI=1S/C21H19N3O2/c1-25-18-8-7-16-11-17(13-22)21(23-19(16)12-18)24-9-10-26-20(14-24)15-5-3-2-4-6-15/h2-8,11-12,20H,9-10,14H2,1H3. The molecule has 2 heterocycles. The lowest BCUT2D eigenvalue weighted by Crippen LogP contribution is -2.39. The molecule has 0 bridgehead atoms. The van der Waals surface area contributed by atoms with Crippen molar-refractivity contribution in [1.82, 2.24) is 4.98 Å². The van der Waals surface area contributed by atoms with Crippen LogP contribution in [-0.2, 0) is 4.74 Å². The number of nitrogens with zero attached hydrogens (tertiary/aromatic N) is 3. The number of hydrogen-bond donors (Lipinski definition) is 0. The van der Waals surface area contributed by atoms with Crippen LogP contribution in [0.3, 0.4) is 0 Å². The number of pyridine rings is 1. The summed E-state index contributed by atoms with van der Waals surface area (Å²) >= 11 is 0. The number of rotatable bonds is 3. The van der Waals surface area contributed by atoms with Crippen molar-refractivity contribution in [1.29, 1.82) is 5.26 Å². The summed E-state index contributed by atoms with van der Waals surface area (Å²) in [6.45, 7) is 1.98. The molecule has 0 N–H and O–H groups in total. The molecule has 5 nitrogen and oxygen atoms in total. The molecule has 1 saturated heterocycles. The monoisotopic (exact) mass is 345 g/mol. The first-order chi connectivity index (χ1) is 12.8. The number of fused-ring (bicyclic) bond motifs is 1. The average Bonchev–Trinajstić information content (AvgIpc) is 2.73. The second-order valence-corrected chi connectivity index (χ2v) is 6.25. The van der Waals surface area contributed by atoms with Crippen LogP contribution in [0.1, 0.15) is 17.2 Å². The fourth-order valence-corrected chi connectivity index (χ4v) is 3.30. The van der Waals surface area contributed by atoms with E-state index >= 15 is 0 Å². The van der Waals surface area contributed by atoms with Gasteiger partial charge in [0.1, 0.15) is 23.7 Å². The zero-order valence-electron chi connectivity index (χ0n) is 14.6. The molecule has 1 aliphatic heterocycles. The number of ether oxygens (including phenoxy) is 2. The molecule has 1 aromatic heterocycles. The summed E-state index contributed by atoms with van der Waals surface area (Å²) in [6.07, 6.45) is -0.0284. The average molecular weight is 345 g/mol. The summed E-state index contributed by atoms with van der Waals surface area (Å²) in [6, 6.07) is 20.0. The minimum atomic E-state index is -0.0284. The van der Waals surface area contributed by atoms with Crippen LogP contribution in [0.4, 0.5) is 5.82 Å². The van der Waals surface area contributed by atoms with Crippen LogP contribution >= 0.6 is 0 Å². The zero-order chi connectivity index (χ0) is 17.9. The van der Waals surface area contributed by atoms with Crippen LogP contribution in [0.2, 0.25) is 0 Å². The van der Waals surface area contributed by atoms with Gasteiger partial charge in [-0.2, -0.15) is 5.26 Å². The van der Waals surface area contributed by atoms with Gasteiger partial charge in [-0.05, 0) is 23.8 Å². The number of aromatic nitrogens is 1. The van der Waals surface area contributed by atoms with E-state index in [0.717, 1.165) is 22.2 Å². The smallest absolute Gasteiger partial charge is 0.147 e. The maximum Gasteiger partial charge on any atom is 0.147 e. The lowest BCUT2D eigenvalue weighted by molar-refractivity contribution is 0.0395. The van der Waals surface area contributed by atoms with Crippen molar-refractivity contribution in [3.8, 4) is 11.8 Å². The third kappa shape index (κ3) is 3.07. The quantitative estimate of drug-likeness (QED) is 0.724. The molecule has 1 atom stereocenters. The molecule has 130 valence electrons. The molecule has 5 heteroatoms. The number of hydrogen-bond acceptors (Lipinski definition) is 5. The Balaban J connectivity index is 1.71. The van der Waals surface area contributed by atoms with Gasteiger partial charge in [-0.25, -0.2) is 4.98 Å². The first-order valence-electron chi connectivity index (χ1n) is 8.59. The summed E-state index contributed by atoms with van der Waals surface area (Å²) in [4.78, 5) is 6.91. The molecular weight excluding hydrogens is 326 g/mol. The maximum absolute atomic E-state index is 9.62.